The number of ether oxygens (including phenoxy) is 1. The molecule has 4 atom stereocenters. The number of nitrogens with one attached hydrogen (secondary N) is 1. The lowest BCUT2D eigenvalue weighted by atomic mass is 10.0. The first kappa shape index (κ1) is 12.0. The number of aromatic amines is 1. The Hall–Kier alpha value is -1.48. The molecule has 0 amide bonds. The lowest BCUT2D eigenvalue weighted by Gasteiger charge is -2.13. The summed E-state index contributed by atoms with van der Waals surface area (Å²) in [5.41, 5.74) is 4.79. The van der Waals surface area contributed by atoms with Gasteiger partial charge in [0.2, 0.25) is 0 Å². The molecule has 1 aliphatic heterocycles. The monoisotopic (exact) mass is 243 g/mol. The van der Waals surface area contributed by atoms with Gasteiger partial charge in [0.25, 0.3) is 5.56 Å². The molecule has 2 rings (SSSR count). The minimum atomic E-state index is -1.29. The van der Waals surface area contributed by atoms with E-state index in [1.807, 2.05) is 0 Å². The molecule has 1 aromatic heterocycles. The van der Waals surface area contributed by atoms with Gasteiger partial charge in [-0.1, -0.05) is 0 Å². The number of hydrogen-bond donors (Lipinski definition) is 5. The van der Waals surface area contributed by atoms with Crippen LogP contribution in [0.1, 0.15) is 11.7 Å². The molecule has 17 heavy (non-hydrogen) atoms. The number of hydrogen-bond acceptors (Lipinski definition) is 7. The summed E-state index contributed by atoms with van der Waals surface area (Å²) in [6.07, 6.45) is -3.32. The number of H-pyrrole nitrogens is 1. The van der Waals surface area contributed by atoms with Crippen LogP contribution in [0.4, 0.5) is 5.95 Å². The van der Waals surface area contributed by atoms with Crippen LogP contribution in [0.2, 0.25) is 0 Å². The third-order valence-corrected chi connectivity index (χ3v) is 2.70. The molecule has 0 radical (unpaired) electrons. The van der Waals surface area contributed by atoms with Crippen LogP contribution in [0.25, 0.3) is 0 Å². The highest BCUT2D eigenvalue weighted by molar-refractivity contribution is 5.21. The van der Waals surface area contributed by atoms with Crippen molar-refractivity contribution >= 4 is 5.95 Å². The molecule has 8 nitrogen and oxygen atoms in total. The Labute approximate surface area is 95.7 Å². The van der Waals surface area contributed by atoms with E-state index in [2.05, 4.69) is 9.97 Å². The number of aliphatic hydroxyl groups is 3. The first-order valence-electron chi connectivity index (χ1n) is 5.01. The van der Waals surface area contributed by atoms with E-state index >= 15 is 0 Å². The number of rotatable bonds is 2. The van der Waals surface area contributed by atoms with Gasteiger partial charge in [0.15, 0.2) is 5.95 Å². The Morgan fingerprint density at radius 1 is 1.47 bits per heavy atom. The van der Waals surface area contributed by atoms with Gasteiger partial charge in [0.1, 0.15) is 24.4 Å². The Balaban J connectivity index is 2.32. The van der Waals surface area contributed by atoms with Crippen molar-refractivity contribution in [3.8, 4) is 0 Å². The van der Waals surface area contributed by atoms with E-state index in [4.69, 9.17) is 15.6 Å². The fourth-order valence-corrected chi connectivity index (χ4v) is 1.78. The van der Waals surface area contributed by atoms with Gasteiger partial charge in [-0.25, -0.2) is 4.98 Å². The molecule has 1 fully saturated rings. The summed E-state index contributed by atoms with van der Waals surface area (Å²) in [6.45, 7) is -0.449. The van der Waals surface area contributed by atoms with Gasteiger partial charge in [-0.05, 0) is 0 Å². The maximum absolute atomic E-state index is 11.6. The first-order chi connectivity index (χ1) is 8.04. The van der Waals surface area contributed by atoms with E-state index < -0.39 is 36.6 Å². The zero-order valence-electron chi connectivity index (χ0n) is 8.78. The zero-order valence-corrected chi connectivity index (χ0v) is 8.78. The van der Waals surface area contributed by atoms with Gasteiger partial charge in [0.05, 0.1) is 12.2 Å². The second kappa shape index (κ2) is 4.41. The molecule has 6 N–H and O–H groups in total. The van der Waals surface area contributed by atoms with Crippen LogP contribution in [0.3, 0.4) is 0 Å². The maximum Gasteiger partial charge on any atom is 0.258 e. The minimum absolute atomic E-state index is 0.0505. The van der Waals surface area contributed by atoms with Crippen LogP contribution in [0, 0.1) is 0 Å². The fraction of sp³-hybridized carbons (Fsp3) is 0.556. The van der Waals surface area contributed by atoms with E-state index in [0.717, 1.165) is 0 Å². The molecule has 8 heteroatoms. The third-order valence-electron chi connectivity index (χ3n) is 2.70. The van der Waals surface area contributed by atoms with Crippen molar-refractivity contribution in [3.63, 3.8) is 0 Å². The summed E-state index contributed by atoms with van der Waals surface area (Å²) in [5, 5.41) is 28.2. The van der Waals surface area contributed by atoms with Gasteiger partial charge in [-0.3, -0.25) is 9.78 Å². The van der Waals surface area contributed by atoms with Gasteiger partial charge in [-0.15, -0.1) is 0 Å². The molecular formula is C9H13N3O5. The van der Waals surface area contributed by atoms with Gasteiger partial charge in [0, 0.05) is 6.20 Å². The van der Waals surface area contributed by atoms with Gasteiger partial charge < -0.3 is 25.8 Å². The summed E-state index contributed by atoms with van der Waals surface area (Å²) >= 11 is 0. The van der Waals surface area contributed by atoms with E-state index in [1.165, 1.54) is 6.20 Å². The highest BCUT2D eigenvalue weighted by Gasteiger charge is 2.44. The standard InChI is InChI=1S/C9H13N3O5/c10-9-11-1-3(8(16)12-9)7-6(15)5(14)4(2-13)17-7/h1,4-7,13-15H,2H2,(H3,10,11,12,16)/t4-,5?,6+,7+/m1/s1. The second-order valence-corrected chi connectivity index (χ2v) is 3.81. The number of nitrogens with zero attached hydrogens (tertiary/aromatic N) is 1. The molecule has 0 aromatic carbocycles. The quantitative estimate of drug-likeness (QED) is 0.386. The van der Waals surface area contributed by atoms with Crippen molar-refractivity contribution in [2.45, 2.75) is 24.4 Å². The highest BCUT2D eigenvalue weighted by atomic mass is 16.6. The summed E-state index contributed by atoms with van der Waals surface area (Å²) in [6, 6.07) is 0. The second-order valence-electron chi connectivity index (χ2n) is 3.81. The molecule has 1 unspecified atom stereocenters. The molecule has 0 aliphatic carbocycles. The van der Waals surface area contributed by atoms with Crippen LogP contribution >= 0.6 is 0 Å². The average molecular weight is 243 g/mol. The molecular weight excluding hydrogens is 230 g/mol. The van der Waals surface area contributed by atoms with Crippen molar-refractivity contribution < 1.29 is 20.1 Å². The van der Waals surface area contributed by atoms with E-state index in [1.54, 1.807) is 0 Å². The Bertz CT molecular complexity index is 462. The predicted octanol–water partition coefficient (Wildman–Crippen LogP) is -2.49. The molecule has 0 saturated carbocycles. The van der Waals surface area contributed by atoms with Gasteiger partial charge >= 0.3 is 0 Å². The van der Waals surface area contributed by atoms with Crippen LogP contribution < -0.4 is 11.3 Å². The smallest absolute Gasteiger partial charge is 0.258 e. The average Bonchev–Trinajstić information content (AvgIpc) is 2.57. The lowest BCUT2D eigenvalue weighted by Crippen LogP contribution is -2.33. The number of anilines is 1. The lowest BCUT2D eigenvalue weighted by molar-refractivity contribution is -0.0232. The van der Waals surface area contributed by atoms with Crippen molar-refractivity contribution in [2.75, 3.05) is 12.3 Å². The largest absolute Gasteiger partial charge is 0.394 e. The summed E-state index contributed by atoms with van der Waals surface area (Å²) in [7, 11) is 0. The molecule has 2 heterocycles. The number of nitrogens with two attached hydrogens (primary N) is 1. The molecule has 1 aromatic rings. The van der Waals surface area contributed by atoms with E-state index in [-0.39, 0.29) is 11.5 Å². The normalized spacial score (nSPS) is 32.9. The summed E-state index contributed by atoms with van der Waals surface area (Å²) in [4.78, 5) is 17.5. The van der Waals surface area contributed by atoms with Crippen LogP contribution in [-0.4, -0.2) is 50.2 Å². The van der Waals surface area contributed by atoms with E-state index in [9.17, 15) is 15.0 Å². The van der Waals surface area contributed by atoms with Crippen LogP contribution in [-0.2, 0) is 4.74 Å². The molecule has 1 aliphatic rings. The third kappa shape index (κ3) is 2.03. The molecule has 1 saturated heterocycles. The molecule has 94 valence electrons. The Morgan fingerprint density at radius 2 is 2.18 bits per heavy atom. The predicted molar refractivity (Wildman–Crippen MR) is 56.0 cm³/mol. The topological polar surface area (TPSA) is 142 Å². The molecule has 0 spiro atoms. The summed E-state index contributed by atoms with van der Waals surface area (Å²) in [5.74, 6) is -0.0505. The van der Waals surface area contributed by atoms with Crippen molar-refractivity contribution in [1.29, 1.82) is 0 Å². The number of aliphatic hydroxyl groups excluding tert-OH is 3. The van der Waals surface area contributed by atoms with Crippen LogP contribution in [0.5, 0.6) is 0 Å². The van der Waals surface area contributed by atoms with Crippen LogP contribution in [0.15, 0.2) is 11.0 Å². The fourth-order valence-electron chi connectivity index (χ4n) is 1.78. The van der Waals surface area contributed by atoms with Crippen molar-refractivity contribution in [2.24, 2.45) is 0 Å². The highest BCUT2D eigenvalue weighted by Crippen LogP contribution is 2.31. The number of aromatic nitrogens is 2. The zero-order chi connectivity index (χ0) is 12.6. The summed E-state index contributed by atoms with van der Waals surface area (Å²) < 4.78 is 5.19. The minimum Gasteiger partial charge on any atom is -0.394 e. The molecule has 0 bridgehead atoms. The maximum atomic E-state index is 11.6. The Kier molecular flexibility index (Phi) is 3.11. The van der Waals surface area contributed by atoms with Gasteiger partial charge in [-0.2, -0.15) is 0 Å². The van der Waals surface area contributed by atoms with Crippen molar-refractivity contribution in [3.05, 3.63) is 22.1 Å². The van der Waals surface area contributed by atoms with E-state index in [0.29, 0.717) is 0 Å². The SMILES string of the molecule is Nc1ncc([C@@H]2O[C@H](CO)C(O)[C@@H]2O)c(=O)[nH]1. The first-order valence-corrected chi connectivity index (χ1v) is 5.01. The van der Waals surface area contributed by atoms with Crippen molar-refractivity contribution in [1.82, 2.24) is 9.97 Å². The number of nitrogen functional groups attached to an aromatic ring is 1. The Morgan fingerprint density at radius 3 is 2.71 bits per heavy atom.